The lowest BCUT2D eigenvalue weighted by molar-refractivity contribution is 0.0955. The second kappa shape index (κ2) is 8.27. The van der Waals surface area contributed by atoms with Gasteiger partial charge in [-0.2, -0.15) is 0 Å². The fourth-order valence-electron chi connectivity index (χ4n) is 1.75. The molecular weight excluding hydrogens is 343 g/mol. The number of amides is 1. The van der Waals surface area contributed by atoms with Gasteiger partial charge in [-0.1, -0.05) is 29.5 Å². The molecule has 2 rings (SSSR count). The highest BCUT2D eigenvalue weighted by Crippen LogP contribution is 2.18. The smallest absolute Gasteiger partial charge is 0.256 e. The van der Waals surface area contributed by atoms with E-state index in [-0.39, 0.29) is 29.5 Å². The van der Waals surface area contributed by atoms with Gasteiger partial charge in [-0.3, -0.25) is 4.79 Å². The van der Waals surface area contributed by atoms with E-state index in [0.717, 1.165) is 18.2 Å². The summed E-state index contributed by atoms with van der Waals surface area (Å²) in [5.41, 5.74) is -0.259. The van der Waals surface area contributed by atoms with Gasteiger partial charge in [-0.25, -0.2) is 13.2 Å². The van der Waals surface area contributed by atoms with E-state index >= 15 is 0 Å². The third kappa shape index (κ3) is 4.67. The third-order valence-electron chi connectivity index (χ3n) is 2.85. The first-order valence-corrected chi connectivity index (χ1v) is 7.12. The molecule has 0 unspecified atom stereocenters. The van der Waals surface area contributed by atoms with Gasteiger partial charge in [0.2, 0.25) is 0 Å². The zero-order valence-electron chi connectivity index (χ0n) is 12.2. The SMILES string of the molecule is O=C(NCC#CCOc1ccc(F)cc1F)c1c(F)cccc1Cl. The monoisotopic (exact) mass is 353 g/mol. The number of carbonyl (C=O) groups excluding carboxylic acids is 1. The number of hydrogen-bond acceptors (Lipinski definition) is 2. The van der Waals surface area contributed by atoms with Crippen LogP contribution < -0.4 is 10.1 Å². The van der Waals surface area contributed by atoms with Crippen molar-refractivity contribution >= 4 is 17.5 Å². The van der Waals surface area contributed by atoms with E-state index in [0.29, 0.717) is 6.07 Å². The Bertz CT molecular complexity index is 795. The molecule has 1 amide bonds. The molecule has 0 saturated carbocycles. The Morgan fingerprint density at radius 2 is 1.92 bits per heavy atom. The molecule has 7 heteroatoms. The maximum absolute atomic E-state index is 13.5. The molecule has 1 N–H and O–H groups in total. The van der Waals surface area contributed by atoms with Crippen molar-refractivity contribution < 1.29 is 22.7 Å². The number of benzene rings is 2. The normalized spacial score (nSPS) is 9.83. The zero-order chi connectivity index (χ0) is 17.5. The summed E-state index contributed by atoms with van der Waals surface area (Å²) in [7, 11) is 0. The Labute approximate surface area is 141 Å². The van der Waals surface area contributed by atoms with Crippen LogP contribution in [0.1, 0.15) is 10.4 Å². The minimum atomic E-state index is -0.834. The Morgan fingerprint density at radius 1 is 1.12 bits per heavy atom. The number of carbonyl (C=O) groups is 1. The van der Waals surface area contributed by atoms with Crippen LogP contribution >= 0.6 is 11.6 Å². The first-order valence-electron chi connectivity index (χ1n) is 6.75. The van der Waals surface area contributed by atoms with Gasteiger partial charge >= 0.3 is 0 Å². The summed E-state index contributed by atoms with van der Waals surface area (Å²) in [6.45, 7) is -0.225. The van der Waals surface area contributed by atoms with Crippen LogP contribution in [0.4, 0.5) is 13.2 Å². The predicted octanol–water partition coefficient (Wildman–Crippen LogP) is 3.57. The van der Waals surface area contributed by atoms with Crippen molar-refractivity contribution in [2.24, 2.45) is 0 Å². The molecule has 0 fully saturated rings. The Morgan fingerprint density at radius 3 is 2.62 bits per heavy atom. The molecule has 2 aromatic carbocycles. The van der Waals surface area contributed by atoms with E-state index in [1.165, 1.54) is 12.1 Å². The first-order chi connectivity index (χ1) is 11.5. The quantitative estimate of drug-likeness (QED) is 0.853. The Hall–Kier alpha value is -2.65. The molecule has 0 aliphatic carbocycles. The molecule has 2 aromatic rings. The second-order valence-corrected chi connectivity index (χ2v) is 4.90. The average Bonchev–Trinajstić information content (AvgIpc) is 2.52. The van der Waals surface area contributed by atoms with Crippen molar-refractivity contribution in [2.75, 3.05) is 13.2 Å². The van der Waals surface area contributed by atoms with Crippen molar-refractivity contribution in [1.82, 2.24) is 5.32 Å². The van der Waals surface area contributed by atoms with E-state index in [9.17, 15) is 18.0 Å². The number of halogens is 4. The highest BCUT2D eigenvalue weighted by Gasteiger charge is 2.14. The largest absolute Gasteiger partial charge is 0.478 e. The summed E-state index contributed by atoms with van der Waals surface area (Å²) in [6.07, 6.45) is 0. The molecule has 0 heterocycles. The molecule has 0 aromatic heterocycles. The number of nitrogens with one attached hydrogen (secondary N) is 1. The molecule has 0 spiro atoms. The van der Waals surface area contributed by atoms with Crippen LogP contribution in [0.5, 0.6) is 5.75 Å². The van der Waals surface area contributed by atoms with E-state index in [1.807, 2.05) is 0 Å². The number of ether oxygens (including phenoxy) is 1. The summed E-state index contributed by atoms with van der Waals surface area (Å²) in [5, 5.41) is 2.38. The molecule has 0 bridgehead atoms. The van der Waals surface area contributed by atoms with Crippen LogP contribution in [-0.4, -0.2) is 19.1 Å². The highest BCUT2D eigenvalue weighted by molar-refractivity contribution is 6.33. The van der Waals surface area contributed by atoms with Gasteiger partial charge in [0.25, 0.3) is 5.91 Å². The van der Waals surface area contributed by atoms with Crippen LogP contribution in [0.2, 0.25) is 5.02 Å². The highest BCUT2D eigenvalue weighted by atomic mass is 35.5. The molecule has 0 aliphatic rings. The fourth-order valence-corrected chi connectivity index (χ4v) is 2.00. The fraction of sp³-hybridized carbons (Fsp3) is 0.118. The van der Waals surface area contributed by atoms with Crippen LogP contribution in [0.25, 0.3) is 0 Å². The second-order valence-electron chi connectivity index (χ2n) is 4.50. The molecule has 124 valence electrons. The van der Waals surface area contributed by atoms with Crippen LogP contribution in [0.15, 0.2) is 36.4 Å². The Kier molecular flexibility index (Phi) is 6.10. The average molecular weight is 354 g/mol. The molecule has 0 aliphatic heterocycles. The first kappa shape index (κ1) is 17.7. The molecule has 0 radical (unpaired) electrons. The van der Waals surface area contributed by atoms with Gasteiger partial charge in [0, 0.05) is 6.07 Å². The van der Waals surface area contributed by atoms with Gasteiger partial charge in [0.15, 0.2) is 11.6 Å². The number of rotatable bonds is 4. The minimum absolute atomic E-state index is 0.00409. The van der Waals surface area contributed by atoms with Gasteiger partial charge in [-0.15, -0.1) is 0 Å². The molecule has 0 saturated heterocycles. The van der Waals surface area contributed by atoms with Crippen LogP contribution in [-0.2, 0) is 0 Å². The van der Waals surface area contributed by atoms with Gasteiger partial charge in [-0.05, 0) is 24.3 Å². The molecule has 3 nitrogen and oxygen atoms in total. The van der Waals surface area contributed by atoms with Gasteiger partial charge in [0.05, 0.1) is 17.1 Å². The Balaban J connectivity index is 1.83. The standard InChI is InChI=1S/C17H11ClF3NO2/c18-12-4-3-5-13(20)16(12)17(23)22-8-1-2-9-24-15-7-6-11(19)10-14(15)21/h3-7,10H,8-9H2,(H,22,23). The lowest BCUT2D eigenvalue weighted by Gasteiger charge is -2.05. The topological polar surface area (TPSA) is 38.3 Å². The molecule has 0 atom stereocenters. The summed E-state index contributed by atoms with van der Waals surface area (Å²) in [6, 6.07) is 6.81. The minimum Gasteiger partial charge on any atom is -0.478 e. The van der Waals surface area contributed by atoms with Crippen molar-refractivity contribution in [1.29, 1.82) is 0 Å². The third-order valence-corrected chi connectivity index (χ3v) is 3.16. The molecular formula is C17H11ClF3NO2. The van der Waals surface area contributed by atoms with Crippen molar-refractivity contribution in [3.05, 3.63) is 64.4 Å². The van der Waals surface area contributed by atoms with E-state index in [4.69, 9.17) is 16.3 Å². The van der Waals surface area contributed by atoms with Crippen molar-refractivity contribution in [3.8, 4) is 17.6 Å². The van der Waals surface area contributed by atoms with Gasteiger partial charge < -0.3 is 10.1 Å². The van der Waals surface area contributed by atoms with E-state index < -0.39 is 23.4 Å². The maximum atomic E-state index is 13.5. The predicted molar refractivity (Wildman–Crippen MR) is 83.4 cm³/mol. The van der Waals surface area contributed by atoms with Crippen molar-refractivity contribution in [3.63, 3.8) is 0 Å². The van der Waals surface area contributed by atoms with E-state index in [2.05, 4.69) is 17.2 Å². The summed E-state index contributed by atoms with van der Waals surface area (Å²) >= 11 is 5.76. The molecule has 24 heavy (non-hydrogen) atoms. The number of hydrogen-bond donors (Lipinski definition) is 1. The van der Waals surface area contributed by atoms with Crippen LogP contribution in [0.3, 0.4) is 0 Å². The maximum Gasteiger partial charge on any atom is 0.256 e. The zero-order valence-corrected chi connectivity index (χ0v) is 13.0. The lowest BCUT2D eigenvalue weighted by atomic mass is 10.2. The van der Waals surface area contributed by atoms with Crippen LogP contribution in [0, 0.1) is 29.3 Å². The van der Waals surface area contributed by atoms with Gasteiger partial charge in [0.1, 0.15) is 18.2 Å². The lowest BCUT2D eigenvalue weighted by Crippen LogP contribution is -2.25. The van der Waals surface area contributed by atoms with Crippen molar-refractivity contribution in [2.45, 2.75) is 0 Å². The summed E-state index contributed by atoms with van der Waals surface area (Å²) in [4.78, 5) is 11.8. The summed E-state index contributed by atoms with van der Waals surface area (Å²) < 4.78 is 44.5. The van der Waals surface area contributed by atoms with E-state index in [1.54, 1.807) is 0 Å². The summed E-state index contributed by atoms with van der Waals surface area (Å²) in [5.74, 6) is 1.99.